The molecule has 1 N–H and O–H groups in total. The lowest BCUT2D eigenvalue weighted by molar-refractivity contribution is 0.335. The van der Waals surface area contributed by atoms with Crippen LogP contribution in [0.3, 0.4) is 0 Å². The van der Waals surface area contributed by atoms with Crippen molar-refractivity contribution in [2.45, 2.75) is 6.17 Å². The van der Waals surface area contributed by atoms with E-state index in [1.807, 2.05) is 0 Å². The van der Waals surface area contributed by atoms with Crippen LogP contribution in [0.4, 0.5) is 8.78 Å². The summed E-state index contributed by atoms with van der Waals surface area (Å²) in [4.78, 5) is 0. The Kier molecular flexibility index (Phi) is 3.81. The predicted molar refractivity (Wildman–Crippen MR) is 51.9 cm³/mol. The van der Waals surface area contributed by atoms with Gasteiger partial charge in [-0.3, -0.25) is 0 Å². The van der Waals surface area contributed by atoms with Gasteiger partial charge in [-0.05, 0) is 40.7 Å². The van der Waals surface area contributed by atoms with Crippen molar-refractivity contribution in [3.05, 3.63) is 34.1 Å². The summed E-state index contributed by atoms with van der Waals surface area (Å²) in [5.41, 5.74) is 0.475. The Morgan fingerprint density at radius 1 is 1.54 bits per heavy atom. The maximum atomic E-state index is 13.2. The molecule has 72 valence electrons. The van der Waals surface area contributed by atoms with Crippen LogP contribution in [0.15, 0.2) is 22.7 Å². The SMILES string of the molecule is CNCC(F)c1ccc(F)c(Br)c1. The molecule has 0 aliphatic rings. The second-order valence-corrected chi connectivity index (χ2v) is 3.55. The quantitative estimate of drug-likeness (QED) is 0.869. The molecule has 0 radical (unpaired) electrons. The van der Waals surface area contributed by atoms with Crippen molar-refractivity contribution < 1.29 is 8.78 Å². The molecule has 0 saturated heterocycles. The summed E-state index contributed by atoms with van der Waals surface area (Å²) in [5, 5.41) is 2.72. The molecule has 0 bridgehead atoms. The molecule has 1 unspecified atom stereocenters. The van der Waals surface area contributed by atoms with Gasteiger partial charge in [0.15, 0.2) is 0 Å². The van der Waals surface area contributed by atoms with E-state index in [0.29, 0.717) is 10.0 Å². The topological polar surface area (TPSA) is 12.0 Å². The molecule has 0 aromatic heterocycles. The van der Waals surface area contributed by atoms with Crippen LogP contribution < -0.4 is 5.32 Å². The van der Waals surface area contributed by atoms with Crippen LogP contribution in [0, 0.1) is 5.82 Å². The van der Waals surface area contributed by atoms with E-state index < -0.39 is 6.17 Å². The van der Waals surface area contributed by atoms with Gasteiger partial charge in [-0.25, -0.2) is 8.78 Å². The van der Waals surface area contributed by atoms with Gasteiger partial charge in [-0.2, -0.15) is 0 Å². The summed E-state index contributed by atoms with van der Waals surface area (Å²) >= 11 is 3.00. The standard InChI is InChI=1S/C9H10BrF2N/c1-13-5-9(12)6-2-3-8(11)7(10)4-6/h2-4,9,13H,5H2,1H3. The second-order valence-electron chi connectivity index (χ2n) is 2.70. The lowest BCUT2D eigenvalue weighted by Crippen LogP contribution is -2.13. The molecule has 0 saturated carbocycles. The van der Waals surface area contributed by atoms with E-state index in [9.17, 15) is 8.78 Å². The number of hydrogen-bond acceptors (Lipinski definition) is 1. The highest BCUT2D eigenvalue weighted by molar-refractivity contribution is 9.10. The molecule has 0 spiro atoms. The van der Waals surface area contributed by atoms with E-state index in [1.54, 1.807) is 7.05 Å². The molecular formula is C9H10BrF2N. The fourth-order valence-electron chi connectivity index (χ4n) is 1.00. The summed E-state index contributed by atoms with van der Waals surface area (Å²) in [7, 11) is 1.67. The van der Waals surface area contributed by atoms with Crippen LogP contribution >= 0.6 is 15.9 Å². The van der Waals surface area contributed by atoms with Crippen molar-refractivity contribution >= 4 is 15.9 Å². The van der Waals surface area contributed by atoms with Crippen molar-refractivity contribution in [1.29, 1.82) is 0 Å². The molecule has 1 atom stereocenters. The zero-order chi connectivity index (χ0) is 9.84. The normalized spacial score (nSPS) is 12.9. The zero-order valence-electron chi connectivity index (χ0n) is 7.15. The zero-order valence-corrected chi connectivity index (χ0v) is 8.74. The number of alkyl halides is 1. The van der Waals surface area contributed by atoms with Gasteiger partial charge in [0.05, 0.1) is 4.47 Å². The van der Waals surface area contributed by atoms with Crippen molar-refractivity contribution in [3.63, 3.8) is 0 Å². The summed E-state index contributed by atoms with van der Waals surface area (Å²) in [6.45, 7) is 0.234. The van der Waals surface area contributed by atoms with Crippen molar-refractivity contribution in [3.8, 4) is 0 Å². The molecule has 0 fully saturated rings. The van der Waals surface area contributed by atoms with Crippen LogP contribution in [0.25, 0.3) is 0 Å². The van der Waals surface area contributed by atoms with E-state index in [4.69, 9.17) is 0 Å². The van der Waals surface area contributed by atoms with Gasteiger partial charge < -0.3 is 5.32 Å². The molecular weight excluding hydrogens is 240 g/mol. The number of halogens is 3. The van der Waals surface area contributed by atoms with Gasteiger partial charge in [0.1, 0.15) is 12.0 Å². The molecule has 0 aliphatic carbocycles. The first-order valence-corrected chi connectivity index (χ1v) is 4.68. The van der Waals surface area contributed by atoms with E-state index in [0.717, 1.165) is 0 Å². The highest BCUT2D eigenvalue weighted by atomic mass is 79.9. The third kappa shape index (κ3) is 2.74. The molecule has 1 aromatic carbocycles. The molecule has 1 nitrogen and oxygen atoms in total. The number of benzene rings is 1. The number of rotatable bonds is 3. The van der Waals surface area contributed by atoms with E-state index in [2.05, 4.69) is 21.2 Å². The molecule has 0 aliphatic heterocycles. The van der Waals surface area contributed by atoms with Gasteiger partial charge >= 0.3 is 0 Å². The first kappa shape index (κ1) is 10.6. The van der Waals surface area contributed by atoms with Crippen molar-refractivity contribution in [2.75, 3.05) is 13.6 Å². The Morgan fingerprint density at radius 2 is 2.23 bits per heavy atom. The first-order valence-electron chi connectivity index (χ1n) is 3.88. The van der Waals surface area contributed by atoms with Crippen molar-refractivity contribution in [2.24, 2.45) is 0 Å². The molecule has 4 heteroatoms. The fourth-order valence-corrected chi connectivity index (χ4v) is 1.40. The van der Waals surface area contributed by atoms with Crippen molar-refractivity contribution in [1.82, 2.24) is 5.32 Å². The Bertz CT molecular complexity index is 291. The second kappa shape index (κ2) is 4.67. The van der Waals surface area contributed by atoms with Crippen LogP contribution in [0.2, 0.25) is 0 Å². The molecule has 1 aromatic rings. The predicted octanol–water partition coefficient (Wildman–Crippen LogP) is 2.82. The summed E-state index contributed by atoms with van der Waals surface area (Å²) < 4.78 is 26.3. The molecule has 13 heavy (non-hydrogen) atoms. The molecule has 0 heterocycles. The van der Waals surface area contributed by atoms with Crippen LogP contribution in [0.5, 0.6) is 0 Å². The molecule has 1 rings (SSSR count). The monoisotopic (exact) mass is 249 g/mol. The first-order chi connectivity index (χ1) is 6.15. The summed E-state index contributed by atoms with van der Waals surface area (Å²) in [6, 6.07) is 4.15. The summed E-state index contributed by atoms with van der Waals surface area (Å²) in [6.07, 6.45) is -1.10. The van der Waals surface area contributed by atoms with Gasteiger partial charge in [0, 0.05) is 6.54 Å². The Hall–Kier alpha value is -0.480. The maximum Gasteiger partial charge on any atom is 0.138 e. The van der Waals surface area contributed by atoms with Gasteiger partial charge in [-0.15, -0.1) is 0 Å². The Labute approximate surface area is 84.3 Å². The fraction of sp³-hybridized carbons (Fsp3) is 0.333. The Morgan fingerprint density at radius 3 is 2.77 bits per heavy atom. The minimum atomic E-state index is -1.10. The maximum absolute atomic E-state index is 13.2. The van der Waals surface area contributed by atoms with E-state index in [1.165, 1.54) is 18.2 Å². The molecule has 0 amide bonds. The average molecular weight is 250 g/mol. The van der Waals surface area contributed by atoms with Gasteiger partial charge in [0.25, 0.3) is 0 Å². The highest BCUT2D eigenvalue weighted by Crippen LogP contribution is 2.22. The highest BCUT2D eigenvalue weighted by Gasteiger charge is 2.10. The minimum absolute atomic E-state index is 0.234. The lowest BCUT2D eigenvalue weighted by atomic mass is 10.1. The smallest absolute Gasteiger partial charge is 0.138 e. The summed E-state index contributed by atoms with van der Waals surface area (Å²) in [5.74, 6) is -0.375. The van der Waals surface area contributed by atoms with E-state index >= 15 is 0 Å². The lowest BCUT2D eigenvalue weighted by Gasteiger charge is -2.07. The average Bonchev–Trinajstić information content (AvgIpc) is 2.10. The number of nitrogens with one attached hydrogen (secondary N) is 1. The minimum Gasteiger partial charge on any atom is -0.317 e. The third-order valence-corrected chi connectivity index (χ3v) is 2.30. The van der Waals surface area contributed by atoms with Crippen LogP contribution in [0.1, 0.15) is 11.7 Å². The number of likely N-dealkylation sites (N-methyl/N-ethyl adjacent to an activating group) is 1. The van der Waals surface area contributed by atoms with E-state index in [-0.39, 0.29) is 12.4 Å². The largest absolute Gasteiger partial charge is 0.317 e. The van der Waals surface area contributed by atoms with Gasteiger partial charge in [0.2, 0.25) is 0 Å². The van der Waals surface area contributed by atoms with Crippen LogP contribution in [-0.4, -0.2) is 13.6 Å². The van der Waals surface area contributed by atoms with Crippen LogP contribution in [-0.2, 0) is 0 Å². The van der Waals surface area contributed by atoms with Gasteiger partial charge in [-0.1, -0.05) is 6.07 Å². The third-order valence-electron chi connectivity index (χ3n) is 1.69. The Balaban J connectivity index is 2.84. The number of hydrogen-bond donors (Lipinski definition) is 1.